The Balaban J connectivity index is 2.41. The molecule has 0 atom stereocenters. The molecule has 1 aliphatic carbocycles. The van der Waals surface area contributed by atoms with Gasteiger partial charge in [-0.2, -0.15) is 4.31 Å². The van der Waals surface area contributed by atoms with Crippen LogP contribution in [0.3, 0.4) is 0 Å². The van der Waals surface area contributed by atoms with Gasteiger partial charge in [-0.25, -0.2) is 8.42 Å². The lowest BCUT2D eigenvalue weighted by atomic mass is 10.4. The summed E-state index contributed by atoms with van der Waals surface area (Å²) >= 11 is 3.26. The van der Waals surface area contributed by atoms with Crippen LogP contribution in [0.1, 0.15) is 12.8 Å². The molecule has 1 saturated carbocycles. The van der Waals surface area contributed by atoms with Crippen LogP contribution in [0, 0.1) is 12.3 Å². The highest BCUT2D eigenvalue weighted by Crippen LogP contribution is 2.33. The van der Waals surface area contributed by atoms with Gasteiger partial charge < -0.3 is 0 Å². The summed E-state index contributed by atoms with van der Waals surface area (Å²) in [5.41, 5.74) is 0. The van der Waals surface area contributed by atoms with Crippen molar-refractivity contribution in [2.45, 2.75) is 23.8 Å². The van der Waals surface area contributed by atoms with Gasteiger partial charge in [0.15, 0.2) is 0 Å². The number of terminal acetylenes is 1. The van der Waals surface area contributed by atoms with Gasteiger partial charge in [0.2, 0.25) is 10.0 Å². The van der Waals surface area contributed by atoms with Gasteiger partial charge in [-0.05, 0) is 40.9 Å². The van der Waals surface area contributed by atoms with Crippen LogP contribution in [0.2, 0.25) is 0 Å². The van der Waals surface area contributed by atoms with Crippen molar-refractivity contribution in [2.75, 3.05) is 6.54 Å². The molecule has 0 unspecified atom stereocenters. The second-order valence-electron chi connectivity index (χ2n) is 3.92. The first-order chi connectivity index (χ1) is 8.07. The average Bonchev–Trinajstić information content (AvgIpc) is 3.10. The number of halogens is 1. The Bertz CT molecular complexity index is 558. The van der Waals surface area contributed by atoms with Crippen molar-refractivity contribution >= 4 is 26.0 Å². The van der Waals surface area contributed by atoms with Crippen LogP contribution >= 0.6 is 15.9 Å². The predicted molar refractivity (Wildman–Crippen MR) is 69.9 cm³/mol. The number of hydrogen-bond donors (Lipinski definition) is 0. The summed E-state index contributed by atoms with van der Waals surface area (Å²) in [7, 11) is -3.49. The highest BCUT2D eigenvalue weighted by molar-refractivity contribution is 9.10. The maximum Gasteiger partial charge on any atom is 0.245 e. The Morgan fingerprint density at radius 2 is 2.06 bits per heavy atom. The van der Waals surface area contributed by atoms with Crippen molar-refractivity contribution in [3.8, 4) is 12.3 Å². The summed E-state index contributed by atoms with van der Waals surface area (Å²) in [6.07, 6.45) is 7.03. The fourth-order valence-electron chi connectivity index (χ4n) is 1.64. The van der Waals surface area contributed by atoms with E-state index in [9.17, 15) is 8.42 Å². The summed E-state index contributed by atoms with van der Waals surface area (Å²) in [5.74, 6) is 2.42. The molecule has 90 valence electrons. The van der Waals surface area contributed by atoms with Gasteiger partial charge in [0, 0.05) is 10.5 Å². The van der Waals surface area contributed by atoms with Crippen LogP contribution in [-0.2, 0) is 10.0 Å². The molecule has 0 N–H and O–H groups in total. The maximum atomic E-state index is 12.4. The third-order valence-corrected chi connectivity index (χ3v) is 5.54. The SMILES string of the molecule is C#CCN(C1CC1)S(=O)(=O)c1ccccc1Br. The Morgan fingerprint density at radius 3 is 2.59 bits per heavy atom. The van der Waals surface area contributed by atoms with Crippen molar-refractivity contribution in [3.05, 3.63) is 28.7 Å². The zero-order valence-electron chi connectivity index (χ0n) is 9.14. The third kappa shape index (κ3) is 2.54. The summed E-state index contributed by atoms with van der Waals surface area (Å²) < 4.78 is 26.8. The fraction of sp³-hybridized carbons (Fsp3) is 0.333. The van der Waals surface area contributed by atoms with Crippen molar-refractivity contribution < 1.29 is 8.42 Å². The van der Waals surface area contributed by atoms with Gasteiger partial charge >= 0.3 is 0 Å². The number of benzene rings is 1. The van der Waals surface area contributed by atoms with Gasteiger partial charge in [0.1, 0.15) is 0 Å². The number of nitrogens with zero attached hydrogens (tertiary/aromatic N) is 1. The third-order valence-electron chi connectivity index (χ3n) is 2.62. The molecule has 2 rings (SSSR count). The second-order valence-corrected chi connectivity index (χ2v) is 6.63. The smallest absolute Gasteiger partial charge is 0.207 e. The lowest BCUT2D eigenvalue weighted by Crippen LogP contribution is -2.33. The molecule has 0 spiro atoms. The van der Waals surface area contributed by atoms with Gasteiger partial charge in [-0.15, -0.1) is 6.42 Å². The van der Waals surface area contributed by atoms with Gasteiger partial charge in [-0.1, -0.05) is 18.1 Å². The van der Waals surface area contributed by atoms with E-state index in [4.69, 9.17) is 6.42 Å². The van der Waals surface area contributed by atoms with E-state index in [1.165, 1.54) is 4.31 Å². The molecule has 0 aromatic heterocycles. The topological polar surface area (TPSA) is 37.4 Å². The lowest BCUT2D eigenvalue weighted by molar-refractivity contribution is 0.440. The number of rotatable bonds is 4. The van der Waals surface area contributed by atoms with E-state index >= 15 is 0 Å². The first kappa shape index (κ1) is 12.6. The normalized spacial score (nSPS) is 15.8. The summed E-state index contributed by atoms with van der Waals surface area (Å²) in [4.78, 5) is 0.280. The van der Waals surface area contributed by atoms with Crippen molar-refractivity contribution in [1.29, 1.82) is 0 Å². The van der Waals surface area contributed by atoms with Gasteiger partial charge in [-0.3, -0.25) is 0 Å². The zero-order chi connectivity index (χ0) is 12.5. The first-order valence-corrected chi connectivity index (χ1v) is 7.50. The number of hydrogen-bond acceptors (Lipinski definition) is 2. The van der Waals surface area contributed by atoms with Crippen LogP contribution in [-0.4, -0.2) is 25.3 Å². The standard InChI is InChI=1S/C12H12BrNO2S/c1-2-9-14(10-7-8-10)17(15,16)12-6-4-3-5-11(12)13/h1,3-6,10H,7-9H2. The van der Waals surface area contributed by atoms with Crippen LogP contribution in [0.25, 0.3) is 0 Å². The molecular weight excluding hydrogens is 302 g/mol. The number of sulfonamides is 1. The molecule has 0 radical (unpaired) electrons. The van der Waals surface area contributed by atoms with E-state index in [1.807, 2.05) is 0 Å². The molecule has 17 heavy (non-hydrogen) atoms. The minimum Gasteiger partial charge on any atom is -0.207 e. The summed E-state index contributed by atoms with van der Waals surface area (Å²) in [6, 6.07) is 6.87. The fourth-order valence-corrected chi connectivity index (χ4v) is 4.21. The molecule has 1 aliphatic rings. The van der Waals surface area contributed by atoms with E-state index in [0.29, 0.717) is 4.47 Å². The molecule has 0 heterocycles. The Kier molecular flexibility index (Phi) is 3.57. The van der Waals surface area contributed by atoms with Crippen LogP contribution in [0.15, 0.2) is 33.6 Å². The van der Waals surface area contributed by atoms with E-state index in [0.717, 1.165) is 12.8 Å². The predicted octanol–water partition coefficient (Wildman–Crippen LogP) is 2.24. The lowest BCUT2D eigenvalue weighted by Gasteiger charge is -2.19. The quantitative estimate of drug-likeness (QED) is 0.799. The largest absolute Gasteiger partial charge is 0.245 e. The summed E-state index contributed by atoms with van der Waals surface area (Å²) in [6.45, 7) is 0.133. The van der Waals surface area contributed by atoms with Crippen molar-refractivity contribution in [2.24, 2.45) is 0 Å². The molecule has 0 saturated heterocycles. The molecule has 5 heteroatoms. The van der Waals surface area contributed by atoms with Crippen LogP contribution in [0.4, 0.5) is 0 Å². The van der Waals surface area contributed by atoms with E-state index < -0.39 is 10.0 Å². The van der Waals surface area contributed by atoms with Gasteiger partial charge in [0.05, 0.1) is 11.4 Å². The Labute approximate surface area is 110 Å². The highest BCUT2D eigenvalue weighted by Gasteiger charge is 2.38. The molecule has 0 aliphatic heterocycles. The van der Waals surface area contributed by atoms with Gasteiger partial charge in [0.25, 0.3) is 0 Å². The minimum atomic E-state index is -3.49. The zero-order valence-corrected chi connectivity index (χ0v) is 11.5. The molecular formula is C12H12BrNO2S. The molecule has 1 aromatic carbocycles. The molecule has 3 nitrogen and oxygen atoms in total. The maximum absolute atomic E-state index is 12.4. The van der Waals surface area contributed by atoms with E-state index in [2.05, 4.69) is 21.9 Å². The molecule has 0 amide bonds. The minimum absolute atomic E-state index is 0.0724. The van der Waals surface area contributed by atoms with E-state index in [-0.39, 0.29) is 17.5 Å². The Morgan fingerprint density at radius 1 is 1.41 bits per heavy atom. The molecule has 1 aromatic rings. The summed E-state index contributed by atoms with van der Waals surface area (Å²) in [5, 5.41) is 0. The highest BCUT2D eigenvalue weighted by atomic mass is 79.9. The van der Waals surface area contributed by atoms with E-state index in [1.54, 1.807) is 24.3 Å². The molecule has 1 fully saturated rings. The van der Waals surface area contributed by atoms with Crippen LogP contribution in [0.5, 0.6) is 0 Å². The van der Waals surface area contributed by atoms with Crippen molar-refractivity contribution in [3.63, 3.8) is 0 Å². The first-order valence-electron chi connectivity index (χ1n) is 5.27. The van der Waals surface area contributed by atoms with Crippen molar-refractivity contribution in [1.82, 2.24) is 4.31 Å². The average molecular weight is 314 g/mol. The Hall–Kier alpha value is -0.830. The van der Waals surface area contributed by atoms with Crippen LogP contribution < -0.4 is 0 Å². The second kappa shape index (κ2) is 4.81. The monoisotopic (exact) mass is 313 g/mol. The molecule has 0 bridgehead atoms.